The Morgan fingerprint density at radius 1 is 0.500 bits per heavy atom. The molecule has 0 bridgehead atoms. The van der Waals surface area contributed by atoms with E-state index in [4.69, 9.17) is 0 Å². The first-order valence-electron chi connectivity index (χ1n) is 21.0. The fraction of sp³-hybridized carbons (Fsp3) is 0.444. The second-order valence-corrected chi connectivity index (χ2v) is 16.3. The van der Waals surface area contributed by atoms with Gasteiger partial charge in [-0.15, -0.1) is 0 Å². The molecule has 8 N–H and O–H groups in total. The van der Waals surface area contributed by atoms with Crippen molar-refractivity contribution in [1.82, 2.24) is 36.4 Å². The maximum Gasteiger partial charge on any atom is 0.248 e. The number of hydrogen-bond donors (Lipinski definition) is 8. The maximum atomic E-state index is 14.6. The molecule has 62 heavy (non-hydrogen) atoms. The minimum Gasteiger partial charge on any atom is -0.508 e. The number of carbonyl (C=O) groups is 7. The van der Waals surface area contributed by atoms with E-state index in [9.17, 15) is 48.9 Å². The van der Waals surface area contributed by atoms with Gasteiger partial charge in [-0.2, -0.15) is 0 Å². The standard InChI is InChI=1S/C45H55N7O10/c1-26(53)37-43(60)50-38(27(2)54)45(62)52-22-10-15-35(52)41(58)47-33(24-30-17-19-31(55)20-18-30)39(56)46-32(23-28-11-5-3-6-12-28)40(57)48-34(25-29-13-7-4-8-14-29)44(61)51-21-9-16-36(51)42(59)49-37/h3-8,11-14,17-20,26-27,32-38,53-55H,9-10,15-16,21-25H2,1-2H3,(H,46,56)(H,47,58)(H,48,57)(H,49,59)(H,50,60)/t26-,27-,32-,33-,34-,35-,36-,37-,38-/m0/s1. The Morgan fingerprint density at radius 2 is 0.903 bits per heavy atom. The van der Waals surface area contributed by atoms with Crippen LogP contribution < -0.4 is 26.6 Å². The highest BCUT2D eigenvalue weighted by molar-refractivity contribution is 5.99. The van der Waals surface area contributed by atoms with Gasteiger partial charge in [0.1, 0.15) is 48.0 Å². The van der Waals surface area contributed by atoms with E-state index in [1.165, 1.54) is 35.8 Å². The number of phenols is 1. The number of nitrogens with zero attached hydrogens (tertiary/aromatic N) is 2. The zero-order valence-corrected chi connectivity index (χ0v) is 34.7. The van der Waals surface area contributed by atoms with Gasteiger partial charge in [0.2, 0.25) is 41.4 Å². The Labute approximate surface area is 359 Å². The molecule has 0 aromatic heterocycles. The highest BCUT2D eigenvalue weighted by atomic mass is 16.3. The summed E-state index contributed by atoms with van der Waals surface area (Å²) >= 11 is 0. The molecule has 3 aromatic rings. The second kappa shape index (κ2) is 20.5. The third-order valence-electron chi connectivity index (χ3n) is 11.6. The number of amides is 7. The van der Waals surface area contributed by atoms with E-state index in [1.807, 2.05) is 0 Å². The molecular formula is C45H55N7O10. The molecule has 17 heteroatoms. The van der Waals surface area contributed by atoms with Crippen molar-refractivity contribution in [1.29, 1.82) is 0 Å². The summed E-state index contributed by atoms with van der Waals surface area (Å²) < 4.78 is 0. The van der Waals surface area contributed by atoms with E-state index in [2.05, 4.69) is 26.6 Å². The average Bonchev–Trinajstić information content (AvgIpc) is 3.96. The van der Waals surface area contributed by atoms with Crippen molar-refractivity contribution in [3.63, 3.8) is 0 Å². The van der Waals surface area contributed by atoms with Crippen molar-refractivity contribution in [3.8, 4) is 5.75 Å². The van der Waals surface area contributed by atoms with Crippen LogP contribution in [0, 0.1) is 0 Å². The third kappa shape index (κ3) is 11.1. The van der Waals surface area contributed by atoms with Gasteiger partial charge >= 0.3 is 0 Å². The molecule has 0 unspecified atom stereocenters. The molecule has 9 atom stereocenters. The largest absolute Gasteiger partial charge is 0.508 e. The van der Waals surface area contributed by atoms with Gasteiger partial charge in [0.25, 0.3) is 0 Å². The number of aliphatic hydroxyl groups is 2. The first-order chi connectivity index (χ1) is 29.7. The van der Waals surface area contributed by atoms with Crippen LogP contribution in [0.15, 0.2) is 84.9 Å². The van der Waals surface area contributed by atoms with E-state index >= 15 is 0 Å². The summed E-state index contributed by atoms with van der Waals surface area (Å²) in [5.41, 5.74) is 1.94. The molecule has 3 fully saturated rings. The van der Waals surface area contributed by atoms with E-state index in [0.29, 0.717) is 29.5 Å². The highest BCUT2D eigenvalue weighted by Gasteiger charge is 2.44. The van der Waals surface area contributed by atoms with E-state index in [1.54, 1.807) is 72.8 Å². The van der Waals surface area contributed by atoms with Gasteiger partial charge in [0.15, 0.2) is 0 Å². The number of fused-ring (bicyclic) bond motifs is 2. The van der Waals surface area contributed by atoms with Gasteiger partial charge in [0, 0.05) is 32.4 Å². The van der Waals surface area contributed by atoms with Crippen LogP contribution in [0.3, 0.4) is 0 Å². The lowest BCUT2D eigenvalue weighted by molar-refractivity contribution is -0.145. The number of carbonyl (C=O) groups excluding carboxylic acids is 7. The number of rotatable bonds is 8. The number of benzene rings is 3. The number of nitrogens with one attached hydrogen (secondary N) is 5. The zero-order chi connectivity index (χ0) is 44.5. The summed E-state index contributed by atoms with van der Waals surface area (Å²) in [5, 5.41) is 45.0. The van der Waals surface area contributed by atoms with Crippen molar-refractivity contribution in [3.05, 3.63) is 102 Å². The van der Waals surface area contributed by atoms with Crippen LogP contribution in [0.25, 0.3) is 0 Å². The van der Waals surface area contributed by atoms with Crippen molar-refractivity contribution in [2.75, 3.05) is 13.1 Å². The molecule has 17 nitrogen and oxygen atoms in total. The van der Waals surface area contributed by atoms with Gasteiger partial charge in [0.05, 0.1) is 12.2 Å². The zero-order valence-electron chi connectivity index (χ0n) is 34.7. The molecule has 0 aliphatic carbocycles. The van der Waals surface area contributed by atoms with Crippen LogP contribution in [0.2, 0.25) is 0 Å². The lowest BCUT2D eigenvalue weighted by Gasteiger charge is -2.32. The molecule has 3 saturated heterocycles. The van der Waals surface area contributed by atoms with Crippen LogP contribution in [-0.2, 0) is 52.8 Å². The molecule has 3 heterocycles. The minimum absolute atomic E-state index is 0.00726. The number of hydrogen-bond acceptors (Lipinski definition) is 10. The maximum absolute atomic E-state index is 14.6. The third-order valence-corrected chi connectivity index (χ3v) is 11.6. The van der Waals surface area contributed by atoms with Crippen LogP contribution >= 0.6 is 0 Å². The van der Waals surface area contributed by atoms with E-state index in [-0.39, 0.29) is 50.9 Å². The molecule has 0 spiro atoms. The first-order valence-corrected chi connectivity index (χ1v) is 21.0. The van der Waals surface area contributed by atoms with Gasteiger partial charge < -0.3 is 51.7 Å². The lowest BCUT2D eigenvalue weighted by atomic mass is 10.0. The quantitative estimate of drug-likeness (QED) is 0.146. The number of phenolic OH excluding ortho intramolecular Hbond substituents is 1. The Balaban J connectivity index is 1.42. The SMILES string of the molecule is C[C@H](O)[C@@H]1NC(=O)[C@@H]2CCCN2C(=O)[C@H](Cc2ccccc2)NC(=O)[C@H](Cc2ccccc2)NC(=O)[C@H](Cc2ccc(O)cc2)NC(=O)[C@@H]2CCCN2C(=O)[C@H]([C@H](C)O)NC1=O. The summed E-state index contributed by atoms with van der Waals surface area (Å²) in [4.78, 5) is 102. The van der Waals surface area contributed by atoms with Crippen LogP contribution in [0.5, 0.6) is 5.75 Å². The van der Waals surface area contributed by atoms with Crippen LogP contribution in [0.1, 0.15) is 56.2 Å². The Bertz CT molecular complexity index is 2080. The molecule has 0 radical (unpaired) electrons. The molecule has 6 rings (SSSR count). The van der Waals surface area contributed by atoms with Crippen LogP contribution in [0.4, 0.5) is 0 Å². The predicted octanol–water partition coefficient (Wildman–Crippen LogP) is -0.399. The fourth-order valence-electron chi connectivity index (χ4n) is 8.27. The average molecular weight is 854 g/mol. The monoisotopic (exact) mass is 853 g/mol. The number of aliphatic hydroxyl groups excluding tert-OH is 2. The fourth-order valence-corrected chi connectivity index (χ4v) is 8.27. The molecular weight excluding hydrogens is 799 g/mol. The van der Waals surface area contributed by atoms with E-state index in [0.717, 1.165) is 0 Å². The molecule has 0 saturated carbocycles. The Kier molecular flexibility index (Phi) is 14.9. The summed E-state index contributed by atoms with van der Waals surface area (Å²) in [7, 11) is 0. The van der Waals surface area contributed by atoms with Gasteiger partial charge in [-0.3, -0.25) is 33.6 Å². The van der Waals surface area contributed by atoms with Crippen molar-refractivity contribution in [2.45, 2.75) is 113 Å². The number of aromatic hydroxyl groups is 1. The molecule has 3 aromatic carbocycles. The summed E-state index contributed by atoms with van der Waals surface area (Å²) in [6.07, 6.45) is -1.85. The summed E-state index contributed by atoms with van der Waals surface area (Å²) in [6, 6.07) is 14.6. The Morgan fingerprint density at radius 3 is 1.40 bits per heavy atom. The normalized spacial score (nSPS) is 26.8. The molecule has 7 amide bonds. The molecule has 330 valence electrons. The van der Waals surface area contributed by atoms with E-state index < -0.39 is 95.9 Å². The first kappa shape index (κ1) is 45.2. The van der Waals surface area contributed by atoms with Crippen molar-refractivity contribution in [2.24, 2.45) is 0 Å². The molecule has 3 aliphatic heterocycles. The predicted molar refractivity (Wildman–Crippen MR) is 225 cm³/mol. The highest BCUT2D eigenvalue weighted by Crippen LogP contribution is 2.23. The van der Waals surface area contributed by atoms with Crippen LogP contribution in [-0.4, -0.2) is 134 Å². The topological polar surface area (TPSA) is 247 Å². The van der Waals surface area contributed by atoms with Gasteiger partial charge in [-0.05, 0) is 68.4 Å². The molecule has 3 aliphatic rings. The van der Waals surface area contributed by atoms with Gasteiger partial charge in [-0.1, -0.05) is 72.8 Å². The summed E-state index contributed by atoms with van der Waals surface area (Å²) in [5.74, 6) is -5.31. The Hall–Kier alpha value is -6.33. The van der Waals surface area contributed by atoms with Crippen molar-refractivity contribution < 1.29 is 48.9 Å². The smallest absolute Gasteiger partial charge is 0.248 e. The summed E-state index contributed by atoms with van der Waals surface area (Å²) in [6.45, 7) is 2.77. The minimum atomic E-state index is -1.61. The second-order valence-electron chi connectivity index (χ2n) is 16.3. The van der Waals surface area contributed by atoms with Crippen molar-refractivity contribution >= 4 is 41.4 Å². The lowest BCUT2D eigenvalue weighted by Crippen LogP contribution is -2.63. The van der Waals surface area contributed by atoms with Gasteiger partial charge in [-0.25, -0.2) is 0 Å².